The molecule has 4 aromatic rings. The smallest absolute Gasteiger partial charge is 0.262 e. The van der Waals surface area contributed by atoms with Gasteiger partial charge in [-0.15, -0.1) is 10.2 Å². The Morgan fingerprint density at radius 1 is 1.03 bits per heavy atom. The molecule has 0 radical (unpaired) electrons. The van der Waals surface area contributed by atoms with Gasteiger partial charge in [-0.2, -0.15) is 4.80 Å². The number of rotatable bonds is 6. The van der Waals surface area contributed by atoms with Crippen molar-refractivity contribution < 1.29 is 13.9 Å². The predicted octanol–water partition coefficient (Wildman–Crippen LogP) is 5.32. The lowest BCUT2D eigenvalue weighted by atomic mass is 10.0. The molecule has 1 aromatic heterocycles. The minimum absolute atomic E-state index is 0.0943. The van der Waals surface area contributed by atoms with Gasteiger partial charge in [0.05, 0.1) is 5.69 Å². The van der Waals surface area contributed by atoms with Crippen LogP contribution in [0.4, 0.5) is 10.1 Å². The number of nitrogens with one attached hydrogen (secondary N) is 1. The van der Waals surface area contributed by atoms with Crippen LogP contribution in [0.2, 0.25) is 0 Å². The molecule has 0 spiro atoms. The minimum atomic E-state index is -0.320. The third-order valence-corrected chi connectivity index (χ3v) is 5.21. The van der Waals surface area contributed by atoms with E-state index in [1.165, 1.54) is 16.9 Å². The van der Waals surface area contributed by atoms with Crippen molar-refractivity contribution in [2.75, 3.05) is 11.9 Å². The Labute approximate surface area is 186 Å². The number of aromatic nitrogens is 3. The van der Waals surface area contributed by atoms with Gasteiger partial charge in [0.2, 0.25) is 0 Å². The zero-order chi connectivity index (χ0) is 22.8. The van der Waals surface area contributed by atoms with Crippen LogP contribution in [0.1, 0.15) is 36.5 Å². The molecule has 0 atom stereocenters. The number of aryl methyl sites for hydroxylation is 2. The number of carbonyl (C=O) groups is 1. The van der Waals surface area contributed by atoms with Crippen LogP contribution in [-0.2, 0) is 4.79 Å². The van der Waals surface area contributed by atoms with Gasteiger partial charge >= 0.3 is 0 Å². The summed E-state index contributed by atoms with van der Waals surface area (Å²) in [6, 6.07) is 15.6. The van der Waals surface area contributed by atoms with Gasteiger partial charge in [0.25, 0.3) is 5.91 Å². The van der Waals surface area contributed by atoms with E-state index in [0.29, 0.717) is 28.3 Å². The zero-order valence-electron chi connectivity index (χ0n) is 18.5. The topological polar surface area (TPSA) is 69.0 Å². The SMILES string of the molecule is Cc1ccc(C(C)C)c(OCC(=O)Nc2cc3nn(-c4ccc(F)cc4)nc3cc2C)c1. The van der Waals surface area contributed by atoms with Crippen molar-refractivity contribution in [2.24, 2.45) is 0 Å². The van der Waals surface area contributed by atoms with Gasteiger partial charge in [0.15, 0.2) is 6.61 Å². The lowest BCUT2D eigenvalue weighted by Crippen LogP contribution is -2.21. The van der Waals surface area contributed by atoms with Crippen molar-refractivity contribution in [1.29, 1.82) is 0 Å². The Morgan fingerprint density at radius 2 is 1.72 bits per heavy atom. The van der Waals surface area contributed by atoms with Crippen LogP contribution in [-0.4, -0.2) is 27.5 Å². The first kappa shape index (κ1) is 21.5. The third kappa shape index (κ3) is 4.61. The highest BCUT2D eigenvalue weighted by molar-refractivity contribution is 5.95. The second-order valence-electron chi connectivity index (χ2n) is 8.15. The molecule has 6 nitrogen and oxygen atoms in total. The van der Waals surface area contributed by atoms with E-state index >= 15 is 0 Å². The van der Waals surface area contributed by atoms with Crippen LogP contribution in [0, 0.1) is 19.7 Å². The normalized spacial score (nSPS) is 11.2. The number of halogens is 1. The molecule has 0 fully saturated rings. The summed E-state index contributed by atoms with van der Waals surface area (Å²) in [6.45, 7) is 7.98. The number of hydrogen-bond acceptors (Lipinski definition) is 4. The van der Waals surface area contributed by atoms with Crippen LogP contribution >= 0.6 is 0 Å². The van der Waals surface area contributed by atoms with E-state index in [-0.39, 0.29) is 18.3 Å². The maximum atomic E-state index is 13.2. The van der Waals surface area contributed by atoms with E-state index in [2.05, 4.69) is 29.4 Å². The quantitative estimate of drug-likeness (QED) is 0.448. The molecule has 0 aliphatic heterocycles. The van der Waals surface area contributed by atoms with E-state index < -0.39 is 0 Å². The predicted molar refractivity (Wildman–Crippen MR) is 123 cm³/mol. The van der Waals surface area contributed by atoms with Crippen molar-refractivity contribution >= 4 is 22.6 Å². The number of nitrogens with zero attached hydrogens (tertiary/aromatic N) is 3. The maximum Gasteiger partial charge on any atom is 0.262 e. The van der Waals surface area contributed by atoms with Gasteiger partial charge in [-0.05, 0) is 78.9 Å². The molecule has 4 rings (SSSR count). The molecular weight excluding hydrogens is 407 g/mol. The average molecular weight is 432 g/mol. The first-order chi connectivity index (χ1) is 15.3. The van der Waals surface area contributed by atoms with Crippen molar-refractivity contribution in [3.05, 3.63) is 77.1 Å². The largest absolute Gasteiger partial charge is 0.483 e. The molecule has 0 saturated heterocycles. The molecule has 0 bridgehead atoms. The average Bonchev–Trinajstić information content (AvgIpc) is 3.15. The summed E-state index contributed by atoms with van der Waals surface area (Å²) in [7, 11) is 0. The minimum Gasteiger partial charge on any atom is -0.483 e. The van der Waals surface area contributed by atoms with E-state index in [4.69, 9.17) is 4.74 Å². The summed E-state index contributed by atoms with van der Waals surface area (Å²) < 4.78 is 19.0. The Hall–Kier alpha value is -3.74. The van der Waals surface area contributed by atoms with E-state index in [0.717, 1.165) is 22.4 Å². The Morgan fingerprint density at radius 3 is 2.41 bits per heavy atom. The summed E-state index contributed by atoms with van der Waals surface area (Å²) in [4.78, 5) is 14.0. The van der Waals surface area contributed by atoms with Crippen molar-refractivity contribution in [1.82, 2.24) is 15.0 Å². The third-order valence-electron chi connectivity index (χ3n) is 5.21. The standard InChI is InChI=1S/C25H25FN4O2/c1-15(2)20-10-5-16(3)11-24(20)32-14-25(31)27-21-13-23-22(12-17(21)4)28-30(29-23)19-8-6-18(26)7-9-19/h5-13,15H,14H2,1-4H3,(H,27,31). The number of hydrogen-bond donors (Lipinski definition) is 1. The monoisotopic (exact) mass is 432 g/mol. The second kappa shape index (κ2) is 8.78. The molecule has 3 aromatic carbocycles. The van der Waals surface area contributed by atoms with E-state index in [1.54, 1.807) is 18.2 Å². The Kier molecular flexibility index (Phi) is 5.90. The summed E-state index contributed by atoms with van der Waals surface area (Å²) >= 11 is 0. The number of fused-ring (bicyclic) bond motifs is 1. The fraction of sp³-hybridized carbons (Fsp3) is 0.240. The zero-order valence-corrected chi connectivity index (χ0v) is 18.5. The molecule has 164 valence electrons. The molecule has 32 heavy (non-hydrogen) atoms. The fourth-order valence-corrected chi connectivity index (χ4v) is 3.47. The number of anilines is 1. The van der Waals surface area contributed by atoms with Crippen LogP contribution in [0.3, 0.4) is 0 Å². The van der Waals surface area contributed by atoms with Crippen molar-refractivity contribution in [3.8, 4) is 11.4 Å². The highest BCUT2D eigenvalue weighted by Crippen LogP contribution is 2.28. The van der Waals surface area contributed by atoms with Crippen LogP contribution in [0.25, 0.3) is 16.7 Å². The van der Waals surface area contributed by atoms with Gasteiger partial charge in [-0.25, -0.2) is 4.39 Å². The molecule has 0 unspecified atom stereocenters. The Balaban J connectivity index is 1.50. The lowest BCUT2D eigenvalue weighted by molar-refractivity contribution is -0.118. The van der Waals surface area contributed by atoms with Gasteiger partial charge < -0.3 is 10.1 Å². The molecule has 0 saturated carbocycles. The molecule has 7 heteroatoms. The first-order valence-corrected chi connectivity index (χ1v) is 10.5. The first-order valence-electron chi connectivity index (χ1n) is 10.5. The van der Waals surface area contributed by atoms with Gasteiger partial charge in [-0.3, -0.25) is 4.79 Å². The van der Waals surface area contributed by atoms with Crippen molar-refractivity contribution in [3.63, 3.8) is 0 Å². The molecule has 1 amide bonds. The summed E-state index contributed by atoms with van der Waals surface area (Å²) in [5.41, 5.74) is 5.60. The summed E-state index contributed by atoms with van der Waals surface area (Å²) in [5, 5.41) is 11.8. The van der Waals surface area contributed by atoms with E-state index in [9.17, 15) is 9.18 Å². The summed E-state index contributed by atoms with van der Waals surface area (Å²) in [6.07, 6.45) is 0. The molecular formula is C25H25FN4O2. The second-order valence-corrected chi connectivity index (χ2v) is 8.15. The Bertz CT molecular complexity index is 1280. The highest BCUT2D eigenvalue weighted by atomic mass is 19.1. The van der Waals surface area contributed by atoms with Gasteiger partial charge in [-0.1, -0.05) is 26.0 Å². The van der Waals surface area contributed by atoms with Crippen LogP contribution in [0.15, 0.2) is 54.6 Å². The lowest BCUT2D eigenvalue weighted by Gasteiger charge is -2.15. The summed E-state index contributed by atoms with van der Waals surface area (Å²) in [5.74, 6) is 0.445. The maximum absolute atomic E-state index is 13.2. The van der Waals surface area contributed by atoms with Crippen LogP contribution in [0.5, 0.6) is 5.75 Å². The van der Waals surface area contributed by atoms with Gasteiger partial charge in [0.1, 0.15) is 22.6 Å². The molecule has 0 aliphatic rings. The number of amides is 1. The number of carbonyl (C=O) groups excluding carboxylic acids is 1. The highest BCUT2D eigenvalue weighted by Gasteiger charge is 2.13. The van der Waals surface area contributed by atoms with Crippen molar-refractivity contribution in [2.45, 2.75) is 33.6 Å². The number of benzene rings is 3. The fourth-order valence-electron chi connectivity index (χ4n) is 3.47. The van der Waals surface area contributed by atoms with Crippen LogP contribution < -0.4 is 10.1 Å². The molecule has 1 N–H and O–H groups in total. The number of ether oxygens (including phenoxy) is 1. The van der Waals surface area contributed by atoms with Gasteiger partial charge in [0, 0.05) is 5.69 Å². The van der Waals surface area contributed by atoms with E-state index in [1.807, 2.05) is 38.1 Å². The molecule has 1 heterocycles. The molecule has 0 aliphatic carbocycles.